The summed E-state index contributed by atoms with van der Waals surface area (Å²) in [6.45, 7) is 3.84. The Morgan fingerprint density at radius 2 is 1.61 bits per heavy atom. The smallest absolute Gasteiger partial charge is 0.416 e. The van der Waals surface area contributed by atoms with Gasteiger partial charge in [0.05, 0.1) is 24.8 Å². The number of para-hydroxylation sites is 1. The third kappa shape index (κ3) is 9.35. The summed E-state index contributed by atoms with van der Waals surface area (Å²) < 4.78 is 61.8. The van der Waals surface area contributed by atoms with Crippen molar-refractivity contribution in [1.29, 1.82) is 0 Å². The van der Waals surface area contributed by atoms with Crippen molar-refractivity contribution in [1.82, 2.24) is 14.9 Å². The number of nitrogens with zero attached hydrogens (tertiary/aromatic N) is 3. The number of esters is 2. The van der Waals surface area contributed by atoms with Gasteiger partial charge in [-0.15, -0.1) is 0 Å². The average molecular weight is 778 g/mol. The Bertz CT molecular complexity index is 2340. The number of methoxy groups -OCH3 is 1. The average Bonchev–Trinajstić information content (AvgIpc) is 3.67. The van der Waals surface area contributed by atoms with Crippen molar-refractivity contribution >= 4 is 23.0 Å². The van der Waals surface area contributed by atoms with E-state index < -0.39 is 17.7 Å². The highest BCUT2D eigenvalue weighted by Gasteiger charge is 2.31. The minimum absolute atomic E-state index is 0.0892. The van der Waals surface area contributed by atoms with E-state index in [-0.39, 0.29) is 35.6 Å². The van der Waals surface area contributed by atoms with Gasteiger partial charge in [-0.25, -0.2) is 19.6 Å². The molecule has 0 bridgehead atoms. The third-order valence-electron chi connectivity index (χ3n) is 10.2. The maximum Gasteiger partial charge on any atom is 0.416 e. The number of hydrogen-bond acceptors (Lipinski definition) is 9. The molecule has 1 aliphatic carbocycles. The second-order valence-corrected chi connectivity index (χ2v) is 13.9. The van der Waals surface area contributed by atoms with Crippen LogP contribution in [0, 0.1) is 0 Å². The normalized spacial score (nSPS) is 14.0. The van der Waals surface area contributed by atoms with E-state index in [0.29, 0.717) is 29.8 Å². The van der Waals surface area contributed by atoms with Crippen molar-refractivity contribution in [3.8, 4) is 17.2 Å². The highest BCUT2D eigenvalue weighted by molar-refractivity contribution is 5.89. The van der Waals surface area contributed by atoms with Gasteiger partial charge in [0.1, 0.15) is 23.6 Å². The topological polar surface area (TPSA) is 104 Å². The quantitative estimate of drug-likeness (QED) is 0.100. The van der Waals surface area contributed by atoms with Crippen LogP contribution in [-0.2, 0) is 41.5 Å². The number of benzene rings is 4. The number of oxazole rings is 1. The van der Waals surface area contributed by atoms with E-state index >= 15 is 0 Å². The predicted octanol–water partition coefficient (Wildman–Crippen LogP) is 9.62. The molecule has 6 aromatic rings. The predicted molar refractivity (Wildman–Crippen MR) is 208 cm³/mol. The fourth-order valence-corrected chi connectivity index (χ4v) is 7.20. The van der Waals surface area contributed by atoms with Gasteiger partial charge in [0.2, 0.25) is 5.89 Å². The zero-order chi connectivity index (χ0) is 39.9. The van der Waals surface area contributed by atoms with Crippen LogP contribution >= 0.6 is 0 Å². The van der Waals surface area contributed by atoms with Crippen LogP contribution in [0.4, 0.5) is 13.2 Å². The fraction of sp³-hybridized carbons (Fsp3) is 0.289. The summed E-state index contributed by atoms with van der Waals surface area (Å²) in [7, 11) is 1.37. The maximum atomic E-state index is 13.2. The van der Waals surface area contributed by atoms with E-state index in [4.69, 9.17) is 23.6 Å². The van der Waals surface area contributed by atoms with Gasteiger partial charge in [0.25, 0.3) is 0 Å². The molecule has 0 spiro atoms. The van der Waals surface area contributed by atoms with Gasteiger partial charge >= 0.3 is 18.1 Å². The number of fused-ring (bicyclic) bond motifs is 2. The van der Waals surface area contributed by atoms with E-state index in [1.165, 1.54) is 13.2 Å². The Morgan fingerprint density at radius 3 is 2.37 bits per heavy atom. The molecule has 1 atom stereocenters. The number of hydrogen-bond donors (Lipinski definition) is 0. The first kappa shape index (κ1) is 39.2. The standard InChI is InChI=1S/C45H42F3N3O6/c1-3-55-44(53)37-21-20-35-36(49-37)8-6-9-39(35)51(25-23-29-11-17-33(18-12-29)43(52)54-2)26-24-31-7-4-5-10-40(31)56-28-30-13-15-32(16-14-30)42-50-38-27-34(45(46,47)48)19-22-41(38)57-42/h4-5,7,10-22,27,39H,3,6,8-9,23-26,28H2,1-2H3. The molecule has 7 rings (SSSR count). The maximum absolute atomic E-state index is 13.2. The molecule has 9 nitrogen and oxygen atoms in total. The van der Waals surface area contributed by atoms with Crippen molar-refractivity contribution in [3.63, 3.8) is 0 Å². The highest BCUT2D eigenvalue weighted by Crippen LogP contribution is 2.36. The zero-order valence-electron chi connectivity index (χ0n) is 31.7. The monoisotopic (exact) mass is 777 g/mol. The Hall–Kier alpha value is -6.01. The van der Waals surface area contributed by atoms with Gasteiger partial charge in [-0.1, -0.05) is 48.5 Å². The Balaban J connectivity index is 1.05. The molecule has 57 heavy (non-hydrogen) atoms. The number of ether oxygens (including phenoxy) is 3. The summed E-state index contributed by atoms with van der Waals surface area (Å²) in [6, 6.07) is 30.0. The molecule has 4 aromatic carbocycles. The summed E-state index contributed by atoms with van der Waals surface area (Å²) in [6.07, 6.45) is -0.325. The van der Waals surface area contributed by atoms with Crippen LogP contribution in [0.1, 0.15) is 80.2 Å². The van der Waals surface area contributed by atoms with Crippen LogP contribution in [-0.4, -0.2) is 53.6 Å². The lowest BCUT2D eigenvalue weighted by Crippen LogP contribution is -2.35. The Kier molecular flexibility index (Phi) is 12.0. The second kappa shape index (κ2) is 17.4. The van der Waals surface area contributed by atoms with Gasteiger partial charge < -0.3 is 18.6 Å². The fourth-order valence-electron chi connectivity index (χ4n) is 7.20. The van der Waals surface area contributed by atoms with Gasteiger partial charge in [0, 0.05) is 30.4 Å². The molecule has 1 unspecified atom stereocenters. The Morgan fingerprint density at radius 1 is 0.860 bits per heavy atom. The minimum Gasteiger partial charge on any atom is -0.489 e. The number of aromatic nitrogens is 2. The molecule has 0 amide bonds. The van der Waals surface area contributed by atoms with E-state index in [1.807, 2.05) is 60.7 Å². The zero-order valence-corrected chi connectivity index (χ0v) is 31.7. The van der Waals surface area contributed by atoms with E-state index in [1.54, 1.807) is 25.1 Å². The first-order valence-electron chi connectivity index (χ1n) is 19.0. The van der Waals surface area contributed by atoms with Gasteiger partial charge in [0.15, 0.2) is 5.58 Å². The van der Waals surface area contributed by atoms with Gasteiger partial charge in [-0.2, -0.15) is 13.2 Å². The first-order chi connectivity index (χ1) is 27.6. The molecule has 1 aliphatic rings. The number of carbonyl (C=O) groups is 2. The molecule has 294 valence electrons. The minimum atomic E-state index is -4.47. The number of alkyl halides is 3. The van der Waals surface area contributed by atoms with Crippen LogP contribution in [0.2, 0.25) is 0 Å². The van der Waals surface area contributed by atoms with Crippen LogP contribution < -0.4 is 4.74 Å². The van der Waals surface area contributed by atoms with E-state index in [0.717, 1.165) is 84.6 Å². The molecule has 0 saturated carbocycles. The summed E-state index contributed by atoms with van der Waals surface area (Å²) in [5.41, 5.74) is 6.20. The van der Waals surface area contributed by atoms with E-state index in [9.17, 15) is 22.8 Å². The summed E-state index contributed by atoms with van der Waals surface area (Å²) in [4.78, 5) is 36.0. The van der Waals surface area contributed by atoms with Crippen molar-refractivity contribution in [2.75, 3.05) is 26.8 Å². The second-order valence-electron chi connectivity index (χ2n) is 13.9. The number of rotatable bonds is 14. The van der Waals surface area contributed by atoms with Crippen LogP contribution in [0.15, 0.2) is 108 Å². The molecular formula is C45H42F3N3O6. The molecule has 12 heteroatoms. The van der Waals surface area contributed by atoms with Crippen molar-refractivity contribution in [2.45, 2.75) is 57.9 Å². The van der Waals surface area contributed by atoms with Gasteiger partial charge in [-0.3, -0.25) is 4.90 Å². The number of pyridine rings is 1. The molecule has 2 heterocycles. The van der Waals surface area contributed by atoms with Crippen molar-refractivity contribution in [3.05, 3.63) is 148 Å². The lowest BCUT2D eigenvalue weighted by molar-refractivity contribution is -0.137. The molecule has 0 N–H and O–H groups in total. The molecule has 0 aliphatic heterocycles. The molecular weight excluding hydrogens is 736 g/mol. The van der Waals surface area contributed by atoms with E-state index in [2.05, 4.69) is 16.0 Å². The van der Waals surface area contributed by atoms with Crippen molar-refractivity contribution in [2.24, 2.45) is 0 Å². The highest BCUT2D eigenvalue weighted by atomic mass is 19.4. The summed E-state index contributed by atoms with van der Waals surface area (Å²) in [5.74, 6) is 0.212. The molecule has 0 saturated heterocycles. The van der Waals surface area contributed by atoms with Crippen LogP contribution in [0.5, 0.6) is 5.75 Å². The van der Waals surface area contributed by atoms with Crippen molar-refractivity contribution < 1.29 is 41.4 Å². The summed E-state index contributed by atoms with van der Waals surface area (Å²) in [5, 5.41) is 0. The lowest BCUT2D eigenvalue weighted by atomic mass is 9.89. The number of aryl methyl sites for hydroxylation is 1. The number of carbonyl (C=O) groups excluding carboxylic acids is 2. The van der Waals surface area contributed by atoms with Crippen LogP contribution in [0.25, 0.3) is 22.6 Å². The van der Waals surface area contributed by atoms with Gasteiger partial charge in [-0.05, 0) is 116 Å². The largest absolute Gasteiger partial charge is 0.489 e. The Labute approximate surface area is 328 Å². The SMILES string of the molecule is CCOC(=O)c1ccc2c(n1)CCCC2N(CCc1ccc(C(=O)OC)cc1)CCc1ccccc1OCc1ccc(-c2nc3cc(C(F)(F)F)ccc3o2)cc1. The lowest BCUT2D eigenvalue weighted by Gasteiger charge is -2.36. The summed E-state index contributed by atoms with van der Waals surface area (Å²) >= 11 is 0. The number of halogens is 3. The third-order valence-corrected chi connectivity index (χ3v) is 10.2. The van der Waals surface area contributed by atoms with Crippen LogP contribution in [0.3, 0.4) is 0 Å². The molecule has 0 fully saturated rings. The molecule has 2 aromatic heterocycles. The molecule has 0 radical (unpaired) electrons. The first-order valence-corrected chi connectivity index (χ1v) is 19.0.